The van der Waals surface area contributed by atoms with Crippen molar-refractivity contribution in [2.45, 2.75) is 40.3 Å². The number of amides is 1. The molecule has 1 heterocycles. The van der Waals surface area contributed by atoms with Gasteiger partial charge in [-0.05, 0) is 38.9 Å². The van der Waals surface area contributed by atoms with E-state index >= 15 is 0 Å². The van der Waals surface area contributed by atoms with Gasteiger partial charge in [0.2, 0.25) is 5.91 Å². The van der Waals surface area contributed by atoms with Crippen LogP contribution in [0, 0.1) is 0 Å². The number of rotatable bonds is 8. The van der Waals surface area contributed by atoms with Crippen molar-refractivity contribution in [3.8, 4) is 0 Å². The molecule has 102 valence electrons. The van der Waals surface area contributed by atoms with Crippen molar-refractivity contribution in [1.82, 2.24) is 14.8 Å². The average molecular weight is 251 g/mol. The second-order valence-electron chi connectivity index (χ2n) is 4.37. The third-order valence-electron chi connectivity index (χ3n) is 3.08. The monoisotopic (exact) mass is 251 g/mol. The number of likely N-dealkylation sites (N-methyl/N-ethyl adjacent to an activating group) is 1. The highest BCUT2D eigenvalue weighted by Gasteiger charge is 2.11. The van der Waals surface area contributed by atoms with E-state index in [0.29, 0.717) is 6.54 Å². The van der Waals surface area contributed by atoms with Crippen LogP contribution in [0.3, 0.4) is 0 Å². The molecule has 1 aromatic heterocycles. The minimum Gasteiger partial charge on any atom is -0.342 e. The first kappa shape index (κ1) is 14.8. The lowest BCUT2D eigenvalue weighted by atomic mass is 10.4. The lowest BCUT2D eigenvalue weighted by Gasteiger charge is -2.19. The Hall–Kier alpha value is -1.29. The lowest BCUT2D eigenvalue weighted by Crippen LogP contribution is -2.33. The van der Waals surface area contributed by atoms with Crippen LogP contribution in [0.1, 0.15) is 32.9 Å². The van der Waals surface area contributed by atoms with Gasteiger partial charge < -0.3 is 14.8 Å². The maximum atomic E-state index is 12.0. The first-order valence-electron chi connectivity index (χ1n) is 6.85. The summed E-state index contributed by atoms with van der Waals surface area (Å²) in [4.78, 5) is 13.9. The van der Waals surface area contributed by atoms with Crippen molar-refractivity contribution in [2.75, 3.05) is 19.6 Å². The summed E-state index contributed by atoms with van der Waals surface area (Å²) in [5.74, 6) is 0.188. The van der Waals surface area contributed by atoms with Crippen molar-refractivity contribution < 1.29 is 4.79 Å². The van der Waals surface area contributed by atoms with E-state index in [1.807, 2.05) is 35.6 Å². The molecule has 4 nitrogen and oxygen atoms in total. The van der Waals surface area contributed by atoms with Crippen LogP contribution in [0.5, 0.6) is 0 Å². The number of carbonyl (C=O) groups is 1. The van der Waals surface area contributed by atoms with Crippen LogP contribution in [-0.2, 0) is 17.9 Å². The Balaban J connectivity index is 2.56. The Kier molecular flexibility index (Phi) is 6.50. The highest BCUT2D eigenvalue weighted by atomic mass is 16.2. The fourth-order valence-corrected chi connectivity index (χ4v) is 1.98. The van der Waals surface area contributed by atoms with E-state index in [2.05, 4.69) is 18.3 Å². The summed E-state index contributed by atoms with van der Waals surface area (Å²) in [5, 5.41) is 3.36. The number of carbonyl (C=O) groups excluding carboxylic acids is 1. The number of hydrogen-bond acceptors (Lipinski definition) is 2. The largest absolute Gasteiger partial charge is 0.342 e. The molecule has 0 saturated heterocycles. The van der Waals surface area contributed by atoms with Crippen molar-refractivity contribution in [3.63, 3.8) is 0 Å². The molecule has 0 fully saturated rings. The summed E-state index contributed by atoms with van der Waals surface area (Å²) < 4.78 is 2.03. The van der Waals surface area contributed by atoms with E-state index in [1.54, 1.807) is 0 Å². The zero-order valence-electron chi connectivity index (χ0n) is 11.8. The summed E-state index contributed by atoms with van der Waals surface area (Å²) >= 11 is 0. The average Bonchev–Trinajstić information content (AvgIpc) is 2.79. The van der Waals surface area contributed by atoms with Gasteiger partial charge in [-0.25, -0.2) is 0 Å². The van der Waals surface area contributed by atoms with Gasteiger partial charge in [0.1, 0.15) is 6.54 Å². The summed E-state index contributed by atoms with van der Waals surface area (Å²) in [6, 6.07) is 4.07. The van der Waals surface area contributed by atoms with Crippen LogP contribution in [-0.4, -0.2) is 35.0 Å². The Bertz CT molecular complexity index is 356. The molecule has 0 unspecified atom stereocenters. The minimum atomic E-state index is 0.188. The van der Waals surface area contributed by atoms with Crippen LogP contribution >= 0.6 is 0 Å². The molecule has 4 heteroatoms. The van der Waals surface area contributed by atoms with Crippen molar-refractivity contribution in [3.05, 3.63) is 24.0 Å². The fraction of sp³-hybridized carbons (Fsp3) is 0.643. The van der Waals surface area contributed by atoms with Gasteiger partial charge in [0.25, 0.3) is 0 Å². The van der Waals surface area contributed by atoms with Gasteiger partial charge in [0, 0.05) is 31.5 Å². The Morgan fingerprint density at radius 2 is 2.06 bits per heavy atom. The minimum absolute atomic E-state index is 0.188. The topological polar surface area (TPSA) is 37.3 Å². The van der Waals surface area contributed by atoms with E-state index < -0.39 is 0 Å². The zero-order valence-corrected chi connectivity index (χ0v) is 11.8. The lowest BCUT2D eigenvalue weighted by molar-refractivity contribution is -0.131. The third kappa shape index (κ3) is 4.18. The van der Waals surface area contributed by atoms with Gasteiger partial charge >= 0.3 is 0 Å². The molecule has 1 N–H and O–H groups in total. The van der Waals surface area contributed by atoms with Crippen LogP contribution in [0.2, 0.25) is 0 Å². The van der Waals surface area contributed by atoms with Crippen LogP contribution < -0.4 is 5.32 Å². The van der Waals surface area contributed by atoms with Gasteiger partial charge in [-0.15, -0.1) is 0 Å². The first-order valence-corrected chi connectivity index (χ1v) is 6.85. The summed E-state index contributed by atoms with van der Waals surface area (Å²) in [7, 11) is 0. The third-order valence-corrected chi connectivity index (χ3v) is 3.08. The van der Waals surface area contributed by atoms with E-state index in [-0.39, 0.29) is 5.91 Å². The molecular formula is C14H25N3O. The molecular weight excluding hydrogens is 226 g/mol. The fourth-order valence-electron chi connectivity index (χ4n) is 1.98. The van der Waals surface area contributed by atoms with Gasteiger partial charge in [-0.2, -0.15) is 0 Å². The number of hydrogen-bond donors (Lipinski definition) is 1. The van der Waals surface area contributed by atoms with Crippen molar-refractivity contribution in [1.29, 1.82) is 0 Å². The Morgan fingerprint density at radius 3 is 2.67 bits per heavy atom. The van der Waals surface area contributed by atoms with Crippen LogP contribution in [0.25, 0.3) is 0 Å². The zero-order chi connectivity index (χ0) is 13.4. The van der Waals surface area contributed by atoms with Crippen molar-refractivity contribution >= 4 is 5.91 Å². The highest BCUT2D eigenvalue weighted by molar-refractivity contribution is 5.76. The number of nitrogens with zero attached hydrogens (tertiary/aromatic N) is 2. The molecule has 0 aliphatic heterocycles. The molecule has 0 radical (unpaired) electrons. The second kappa shape index (κ2) is 7.93. The molecule has 1 amide bonds. The molecule has 0 spiro atoms. The summed E-state index contributed by atoms with van der Waals surface area (Å²) in [5.41, 5.74) is 1.17. The maximum Gasteiger partial charge on any atom is 0.242 e. The molecule has 0 saturated carbocycles. The van der Waals surface area contributed by atoms with E-state index in [4.69, 9.17) is 0 Å². The molecule has 1 aromatic rings. The molecule has 0 aliphatic carbocycles. The first-order chi connectivity index (χ1) is 8.72. The predicted molar refractivity (Wildman–Crippen MR) is 74.4 cm³/mol. The number of nitrogens with one attached hydrogen (secondary N) is 1. The molecule has 0 atom stereocenters. The molecule has 0 aromatic carbocycles. The Labute approximate surface area is 110 Å². The van der Waals surface area contributed by atoms with E-state index in [1.165, 1.54) is 5.69 Å². The normalized spacial score (nSPS) is 10.6. The van der Waals surface area contributed by atoms with E-state index in [0.717, 1.165) is 32.6 Å². The molecule has 0 bridgehead atoms. The standard InChI is InChI=1S/C14H25N3O/c1-4-9-15-11-13-8-7-10-17(13)12-14(18)16(5-2)6-3/h7-8,10,15H,4-6,9,11-12H2,1-3H3. The highest BCUT2D eigenvalue weighted by Crippen LogP contribution is 2.04. The quantitative estimate of drug-likeness (QED) is 0.716. The molecule has 18 heavy (non-hydrogen) atoms. The van der Waals surface area contributed by atoms with Gasteiger partial charge in [-0.1, -0.05) is 6.92 Å². The number of aromatic nitrogens is 1. The maximum absolute atomic E-state index is 12.0. The van der Waals surface area contributed by atoms with Gasteiger partial charge in [-0.3, -0.25) is 4.79 Å². The van der Waals surface area contributed by atoms with Gasteiger partial charge in [0.15, 0.2) is 0 Å². The smallest absolute Gasteiger partial charge is 0.242 e. The van der Waals surface area contributed by atoms with E-state index in [9.17, 15) is 4.79 Å². The predicted octanol–water partition coefficient (Wildman–Crippen LogP) is 1.86. The summed E-state index contributed by atoms with van der Waals surface area (Å²) in [6.45, 7) is 10.0. The van der Waals surface area contributed by atoms with Crippen LogP contribution in [0.15, 0.2) is 18.3 Å². The van der Waals surface area contributed by atoms with Crippen molar-refractivity contribution in [2.24, 2.45) is 0 Å². The SMILES string of the molecule is CCCNCc1cccn1CC(=O)N(CC)CC. The molecule has 1 rings (SSSR count). The van der Waals surface area contributed by atoms with Gasteiger partial charge in [0.05, 0.1) is 0 Å². The van der Waals surface area contributed by atoms with Crippen LogP contribution in [0.4, 0.5) is 0 Å². The summed E-state index contributed by atoms with van der Waals surface area (Å²) in [6.07, 6.45) is 3.10. The Morgan fingerprint density at radius 1 is 1.33 bits per heavy atom. The second-order valence-corrected chi connectivity index (χ2v) is 4.37. The molecule has 0 aliphatic rings.